The molecule has 6 aromatic carbocycles. The van der Waals surface area contributed by atoms with Crippen LogP contribution >= 0.6 is 0 Å². The third-order valence-corrected chi connectivity index (χ3v) is 10.5. The molecule has 0 bridgehead atoms. The van der Waals surface area contributed by atoms with Crippen molar-refractivity contribution in [1.82, 2.24) is 9.55 Å². The van der Waals surface area contributed by atoms with E-state index in [1.54, 1.807) is 0 Å². The van der Waals surface area contributed by atoms with Crippen LogP contribution in [0.4, 0.5) is 22.7 Å². The quantitative estimate of drug-likeness (QED) is 0.174. The summed E-state index contributed by atoms with van der Waals surface area (Å²) < 4.78 is 9.29. The second-order valence-electron chi connectivity index (χ2n) is 15.1. The zero-order chi connectivity index (χ0) is 36.3. The van der Waals surface area contributed by atoms with Crippen LogP contribution in [0.15, 0.2) is 152 Å². The molecule has 1 aliphatic heterocycles. The number of anilines is 4. The molecular weight excluding hydrogens is 649 g/mol. The number of rotatable bonds is 6. The standard InChI is InChI=1S/C48H42N4O/c1-32-24-43-44(25-33(32)2)51(31-50(43)36-18-10-7-11-19-36)37-26-35(48(3,4)5)27-38(28-37)53-39-29-41(34-16-8-6-9-17-34)47-40-20-12-13-21-42(40)52(45(47)30-39)46-22-14-15-23-49-46/h6-30H,31H2,1-5H3. The lowest BCUT2D eigenvalue weighted by molar-refractivity contribution is 0.479. The number of ether oxygens (including phenoxy) is 1. The predicted octanol–water partition coefficient (Wildman–Crippen LogP) is 12.8. The van der Waals surface area contributed by atoms with Crippen LogP contribution in [0.2, 0.25) is 0 Å². The number of para-hydroxylation sites is 2. The summed E-state index contributed by atoms with van der Waals surface area (Å²) in [5, 5.41) is 2.35. The van der Waals surface area contributed by atoms with Gasteiger partial charge in [-0.3, -0.25) is 4.57 Å². The van der Waals surface area contributed by atoms with Gasteiger partial charge < -0.3 is 14.5 Å². The van der Waals surface area contributed by atoms with Crippen molar-refractivity contribution < 1.29 is 4.74 Å². The molecule has 1 aliphatic rings. The summed E-state index contributed by atoms with van der Waals surface area (Å²) in [6.07, 6.45) is 1.85. The fourth-order valence-corrected chi connectivity index (χ4v) is 7.64. The van der Waals surface area contributed by atoms with Crippen molar-refractivity contribution in [1.29, 1.82) is 0 Å². The summed E-state index contributed by atoms with van der Waals surface area (Å²) in [5.74, 6) is 2.44. The number of aryl methyl sites for hydroxylation is 2. The molecule has 5 heteroatoms. The van der Waals surface area contributed by atoms with Crippen molar-refractivity contribution in [3.8, 4) is 28.4 Å². The van der Waals surface area contributed by atoms with Crippen molar-refractivity contribution in [3.05, 3.63) is 168 Å². The van der Waals surface area contributed by atoms with Crippen LogP contribution < -0.4 is 14.5 Å². The molecule has 8 aromatic rings. The van der Waals surface area contributed by atoms with Gasteiger partial charge in [-0.25, -0.2) is 4.98 Å². The Kier molecular flexibility index (Phi) is 7.81. The lowest BCUT2D eigenvalue weighted by Crippen LogP contribution is -2.24. The molecule has 5 nitrogen and oxygen atoms in total. The maximum absolute atomic E-state index is 7.04. The smallest absolute Gasteiger partial charge is 0.137 e. The third-order valence-electron chi connectivity index (χ3n) is 10.5. The van der Waals surface area contributed by atoms with Crippen LogP contribution in [0.3, 0.4) is 0 Å². The molecule has 0 unspecified atom stereocenters. The van der Waals surface area contributed by atoms with Crippen molar-refractivity contribution in [2.45, 2.75) is 40.0 Å². The van der Waals surface area contributed by atoms with Gasteiger partial charge in [-0.05, 0) is 108 Å². The minimum atomic E-state index is -0.108. The molecule has 0 N–H and O–H groups in total. The number of benzene rings is 6. The number of fused-ring (bicyclic) bond motifs is 4. The van der Waals surface area contributed by atoms with E-state index in [1.807, 2.05) is 18.3 Å². The Balaban J connectivity index is 1.22. The van der Waals surface area contributed by atoms with Crippen LogP contribution in [-0.2, 0) is 5.41 Å². The minimum absolute atomic E-state index is 0.108. The minimum Gasteiger partial charge on any atom is -0.457 e. The Hall–Kier alpha value is -6.33. The van der Waals surface area contributed by atoms with Crippen LogP contribution in [0.25, 0.3) is 38.8 Å². The molecule has 0 fully saturated rings. The highest BCUT2D eigenvalue weighted by Crippen LogP contribution is 2.48. The second kappa shape index (κ2) is 12.7. The first-order chi connectivity index (χ1) is 25.7. The molecule has 53 heavy (non-hydrogen) atoms. The van der Waals surface area contributed by atoms with Gasteiger partial charge in [0.05, 0.1) is 22.4 Å². The molecule has 0 aliphatic carbocycles. The largest absolute Gasteiger partial charge is 0.457 e. The van der Waals surface area contributed by atoms with E-state index in [-0.39, 0.29) is 5.41 Å². The summed E-state index contributed by atoms with van der Waals surface area (Å²) in [4.78, 5) is 9.63. The van der Waals surface area contributed by atoms with E-state index in [1.165, 1.54) is 44.5 Å². The molecule has 3 heterocycles. The Bertz CT molecular complexity index is 2620. The van der Waals surface area contributed by atoms with Crippen LogP contribution in [-0.4, -0.2) is 16.2 Å². The molecular formula is C48H42N4O. The number of hydrogen-bond acceptors (Lipinski definition) is 4. The van der Waals surface area contributed by atoms with Gasteiger partial charge in [-0.2, -0.15) is 0 Å². The molecule has 0 radical (unpaired) electrons. The highest BCUT2D eigenvalue weighted by atomic mass is 16.5. The summed E-state index contributed by atoms with van der Waals surface area (Å²) in [7, 11) is 0. The number of nitrogens with zero attached hydrogens (tertiary/aromatic N) is 4. The first kappa shape index (κ1) is 32.6. The summed E-state index contributed by atoms with van der Waals surface area (Å²) in [6.45, 7) is 11.9. The van der Waals surface area contributed by atoms with Gasteiger partial charge in [0, 0.05) is 40.5 Å². The predicted molar refractivity (Wildman–Crippen MR) is 221 cm³/mol. The fraction of sp³-hybridized carbons (Fsp3) is 0.146. The number of pyridine rings is 1. The van der Waals surface area contributed by atoms with E-state index in [0.29, 0.717) is 6.67 Å². The molecule has 0 atom stereocenters. The van der Waals surface area contributed by atoms with Crippen molar-refractivity contribution in [2.75, 3.05) is 16.5 Å². The second-order valence-corrected chi connectivity index (χ2v) is 15.1. The average molecular weight is 691 g/mol. The monoisotopic (exact) mass is 690 g/mol. The average Bonchev–Trinajstić information content (AvgIpc) is 3.71. The summed E-state index contributed by atoms with van der Waals surface area (Å²) in [5.41, 5.74) is 12.7. The molecule has 9 rings (SSSR count). The zero-order valence-corrected chi connectivity index (χ0v) is 30.8. The fourth-order valence-electron chi connectivity index (χ4n) is 7.64. The Morgan fingerprint density at radius 2 is 1.23 bits per heavy atom. The maximum atomic E-state index is 7.04. The molecule has 260 valence electrons. The van der Waals surface area contributed by atoms with Gasteiger partial charge in [0.2, 0.25) is 0 Å². The van der Waals surface area contributed by atoms with Crippen molar-refractivity contribution in [3.63, 3.8) is 0 Å². The normalized spacial score (nSPS) is 12.8. The Morgan fingerprint density at radius 3 is 1.92 bits per heavy atom. The highest BCUT2D eigenvalue weighted by Gasteiger charge is 2.30. The number of aromatic nitrogens is 2. The van der Waals surface area contributed by atoms with Gasteiger partial charge in [0.15, 0.2) is 0 Å². The highest BCUT2D eigenvalue weighted by molar-refractivity contribution is 6.16. The lowest BCUT2D eigenvalue weighted by Gasteiger charge is -2.26. The molecule has 0 amide bonds. The van der Waals surface area contributed by atoms with E-state index >= 15 is 0 Å². The van der Waals surface area contributed by atoms with Gasteiger partial charge >= 0.3 is 0 Å². The Morgan fingerprint density at radius 1 is 0.585 bits per heavy atom. The van der Waals surface area contributed by atoms with Crippen LogP contribution in [0.1, 0.15) is 37.5 Å². The zero-order valence-electron chi connectivity index (χ0n) is 30.8. The van der Waals surface area contributed by atoms with E-state index < -0.39 is 0 Å². The molecule has 2 aromatic heterocycles. The van der Waals surface area contributed by atoms with Gasteiger partial charge in [0.25, 0.3) is 0 Å². The van der Waals surface area contributed by atoms with E-state index in [2.05, 4.69) is 182 Å². The lowest BCUT2D eigenvalue weighted by atomic mass is 9.86. The molecule has 0 spiro atoms. The first-order valence-corrected chi connectivity index (χ1v) is 18.3. The maximum Gasteiger partial charge on any atom is 0.137 e. The summed E-state index contributed by atoms with van der Waals surface area (Å²) in [6, 6.07) is 51.7. The molecule has 0 saturated carbocycles. The molecule has 0 saturated heterocycles. The van der Waals surface area contributed by atoms with Gasteiger partial charge in [-0.15, -0.1) is 0 Å². The SMILES string of the molecule is Cc1cc2c(cc1C)N(c1cc(Oc3cc(-c4ccccc4)c4c5ccccc5n(-c5ccccn5)c4c3)cc(C(C)(C)C)c1)CN2c1ccccc1. The van der Waals surface area contributed by atoms with E-state index in [4.69, 9.17) is 9.72 Å². The van der Waals surface area contributed by atoms with Gasteiger partial charge in [-0.1, -0.05) is 93.6 Å². The van der Waals surface area contributed by atoms with Crippen LogP contribution in [0.5, 0.6) is 11.5 Å². The van der Waals surface area contributed by atoms with E-state index in [0.717, 1.165) is 45.2 Å². The van der Waals surface area contributed by atoms with Crippen molar-refractivity contribution in [2.24, 2.45) is 0 Å². The number of hydrogen-bond donors (Lipinski definition) is 0. The first-order valence-electron chi connectivity index (χ1n) is 18.3. The van der Waals surface area contributed by atoms with Crippen molar-refractivity contribution >= 4 is 44.6 Å². The Labute approximate surface area is 311 Å². The van der Waals surface area contributed by atoms with E-state index in [9.17, 15) is 0 Å². The summed E-state index contributed by atoms with van der Waals surface area (Å²) >= 11 is 0. The third kappa shape index (κ3) is 5.79. The van der Waals surface area contributed by atoms with Gasteiger partial charge in [0.1, 0.15) is 24.0 Å². The topological polar surface area (TPSA) is 33.5 Å². The van der Waals surface area contributed by atoms with Crippen LogP contribution in [0, 0.1) is 13.8 Å².